The molecule has 1 heterocycles. The van der Waals surface area contributed by atoms with Crippen LogP contribution in [0.2, 0.25) is 8.26 Å². The number of fused-ring (bicyclic) bond motifs is 2. The van der Waals surface area contributed by atoms with Crippen molar-refractivity contribution >= 4 is 12.2 Å². The Morgan fingerprint density at radius 3 is 1.25 bits per heavy atom. The standard InChI is InChI=1S/2C19H19.C3H6.2ClH.Zr/c2*1-13(2)17-11-16-5-4-6-18(19(16)12-17)15-9-7-14(3)8-10-15;1-3-2;;;/h2*4-13H,1-3H3;1-3H2;2*1H;/q;;;;;+2/p-2. The molecule has 1 saturated heterocycles. The summed E-state index contributed by atoms with van der Waals surface area (Å²) in [5.41, 5.74) is 18.0. The second-order valence-electron chi connectivity index (χ2n) is 13.9. The van der Waals surface area contributed by atoms with E-state index < -0.39 is 20.3 Å². The van der Waals surface area contributed by atoms with Crippen LogP contribution >= 0.6 is 0 Å². The summed E-state index contributed by atoms with van der Waals surface area (Å²) in [6.45, 7) is 14.2. The molecule has 1 fully saturated rings. The molecule has 4 aromatic rings. The third-order valence-electron chi connectivity index (χ3n) is 10.7. The molecule has 0 amide bonds. The summed E-state index contributed by atoms with van der Waals surface area (Å²) in [5.74, 6) is 1.13. The van der Waals surface area contributed by atoms with Crippen LogP contribution in [0.4, 0.5) is 0 Å². The van der Waals surface area contributed by atoms with Gasteiger partial charge in [0, 0.05) is 0 Å². The third-order valence-corrected chi connectivity index (χ3v) is 25.8. The quantitative estimate of drug-likeness (QED) is 0.235. The van der Waals surface area contributed by atoms with Crippen LogP contribution in [-0.2, 0) is 20.3 Å². The van der Waals surface area contributed by atoms with E-state index >= 15 is 0 Å². The molecule has 3 aliphatic rings. The van der Waals surface area contributed by atoms with Gasteiger partial charge in [0.05, 0.1) is 0 Å². The molecule has 0 radical (unpaired) electrons. The minimum absolute atomic E-state index is 0. The van der Waals surface area contributed by atoms with Gasteiger partial charge in [-0.05, 0) is 0 Å². The summed E-state index contributed by atoms with van der Waals surface area (Å²) in [4.78, 5) is 0. The normalized spacial score (nSPS) is 18.6. The van der Waals surface area contributed by atoms with Gasteiger partial charge < -0.3 is 24.8 Å². The van der Waals surface area contributed by atoms with E-state index in [1.54, 1.807) is 22.3 Å². The van der Waals surface area contributed by atoms with Gasteiger partial charge in [0.2, 0.25) is 0 Å². The van der Waals surface area contributed by atoms with Crippen molar-refractivity contribution in [3.63, 3.8) is 0 Å². The van der Waals surface area contributed by atoms with Crippen LogP contribution in [0.25, 0.3) is 34.4 Å². The van der Waals surface area contributed by atoms with Crippen molar-refractivity contribution in [1.29, 1.82) is 0 Å². The van der Waals surface area contributed by atoms with Crippen molar-refractivity contribution in [2.75, 3.05) is 0 Å². The summed E-state index contributed by atoms with van der Waals surface area (Å²) < 4.78 is 4.32. The van der Waals surface area contributed by atoms with Gasteiger partial charge in [-0.2, -0.15) is 0 Å². The van der Waals surface area contributed by atoms with Gasteiger partial charge in [-0.1, -0.05) is 0 Å². The molecule has 0 bridgehead atoms. The third kappa shape index (κ3) is 5.36. The minimum atomic E-state index is -2.88. The second kappa shape index (κ2) is 12.9. The minimum Gasteiger partial charge on any atom is -1.00 e. The maximum atomic E-state index is 2.65. The Kier molecular flexibility index (Phi) is 9.74. The zero-order valence-corrected chi connectivity index (χ0v) is 30.9. The molecule has 4 aromatic carbocycles. The maximum Gasteiger partial charge on any atom is -1.00 e. The fraction of sp³-hybridized carbons (Fsp3) is 0.317. The number of halogens is 2. The van der Waals surface area contributed by atoms with Gasteiger partial charge in [-0.15, -0.1) is 0 Å². The molecule has 0 saturated carbocycles. The largest absolute Gasteiger partial charge is 1.00 e. The first-order chi connectivity index (χ1) is 20.3. The second-order valence-corrected chi connectivity index (χ2v) is 25.3. The van der Waals surface area contributed by atoms with E-state index in [4.69, 9.17) is 0 Å². The zero-order valence-electron chi connectivity index (χ0n) is 26.9. The first kappa shape index (κ1) is 33.2. The van der Waals surface area contributed by atoms with Crippen molar-refractivity contribution in [3.05, 3.63) is 129 Å². The van der Waals surface area contributed by atoms with Crippen LogP contribution in [0.3, 0.4) is 0 Å². The van der Waals surface area contributed by atoms with Gasteiger partial charge in [0.15, 0.2) is 0 Å². The van der Waals surface area contributed by atoms with Crippen molar-refractivity contribution < 1.29 is 45.1 Å². The van der Waals surface area contributed by atoms with Crippen molar-refractivity contribution in [2.45, 2.75) is 63.5 Å². The first-order valence-electron chi connectivity index (χ1n) is 16.1. The number of hydrogen-bond acceptors (Lipinski definition) is 0. The molecule has 2 unspecified atom stereocenters. The van der Waals surface area contributed by atoms with E-state index in [9.17, 15) is 0 Å². The molecular weight excluding hydrogens is 655 g/mol. The number of benzene rings is 4. The summed E-state index contributed by atoms with van der Waals surface area (Å²) >= 11 is -2.88. The van der Waals surface area contributed by atoms with Crippen molar-refractivity contribution in [3.8, 4) is 22.3 Å². The molecule has 2 atom stereocenters. The Labute approximate surface area is 282 Å². The Morgan fingerprint density at radius 2 is 0.932 bits per heavy atom. The zero-order chi connectivity index (χ0) is 29.2. The molecule has 1 aliphatic heterocycles. The summed E-state index contributed by atoms with van der Waals surface area (Å²) in [6, 6.07) is 32.8. The van der Waals surface area contributed by atoms with E-state index in [1.165, 1.54) is 59.2 Å². The molecule has 0 aromatic heterocycles. The average Bonchev–Trinajstić information content (AvgIpc) is 3.54. The first-order valence-corrected chi connectivity index (χ1v) is 22.4. The number of aryl methyl sites for hydroxylation is 2. The van der Waals surface area contributed by atoms with E-state index in [0.717, 1.165) is 0 Å². The van der Waals surface area contributed by atoms with Gasteiger partial charge in [0.1, 0.15) is 0 Å². The van der Waals surface area contributed by atoms with Crippen molar-refractivity contribution in [2.24, 2.45) is 11.8 Å². The van der Waals surface area contributed by atoms with Crippen LogP contribution in [-0.4, -0.2) is 0 Å². The average molecular weight is 699 g/mol. The van der Waals surface area contributed by atoms with E-state index in [2.05, 4.69) is 139 Å². The summed E-state index contributed by atoms with van der Waals surface area (Å²) in [6.07, 6.45) is 6.71. The van der Waals surface area contributed by atoms with Gasteiger partial charge in [-0.25, -0.2) is 0 Å². The predicted octanol–water partition coefficient (Wildman–Crippen LogP) is 5.93. The van der Waals surface area contributed by atoms with Crippen LogP contribution in [0, 0.1) is 25.7 Å². The molecule has 0 N–H and O–H groups in total. The molecule has 0 nitrogen and oxygen atoms in total. The van der Waals surface area contributed by atoms with Gasteiger partial charge in [0.25, 0.3) is 0 Å². The van der Waals surface area contributed by atoms with Crippen LogP contribution in [0.15, 0.2) is 96.1 Å². The Morgan fingerprint density at radius 1 is 0.545 bits per heavy atom. The van der Waals surface area contributed by atoms with Gasteiger partial charge in [-0.3, -0.25) is 0 Å². The molecular formula is C41H44Cl2Zr. The SMILES string of the molecule is Cc1ccc(-c2cccc3c2C=C(C(C)C)[CH]3[Zr+2]2([CH]3C(C(C)C)=Cc4c(-c5ccc(C)cc5)cccc43)[CH2]C[CH2]2)cc1.[Cl-].[Cl-]. The van der Waals surface area contributed by atoms with Crippen LogP contribution in [0.1, 0.15) is 74.7 Å². The molecule has 7 rings (SSSR count). The number of allylic oxidation sites excluding steroid dienone is 2. The molecule has 0 spiro atoms. The summed E-state index contributed by atoms with van der Waals surface area (Å²) in [5, 5.41) is 0. The molecule has 44 heavy (non-hydrogen) atoms. The predicted molar refractivity (Wildman–Crippen MR) is 179 cm³/mol. The Balaban J connectivity index is 0.00000192. The van der Waals surface area contributed by atoms with Gasteiger partial charge >= 0.3 is 259 Å². The maximum absolute atomic E-state index is 2.88. The van der Waals surface area contributed by atoms with Crippen LogP contribution < -0.4 is 24.8 Å². The smallest absolute Gasteiger partial charge is 1.00 e. The monoisotopic (exact) mass is 696 g/mol. The number of rotatable bonds is 6. The van der Waals surface area contributed by atoms with E-state index in [1.807, 2.05) is 0 Å². The molecule has 2 aliphatic carbocycles. The Bertz CT molecular complexity index is 1590. The number of hydrogen-bond donors (Lipinski definition) is 0. The van der Waals surface area contributed by atoms with Crippen LogP contribution in [0.5, 0.6) is 0 Å². The molecule has 3 heteroatoms. The fourth-order valence-electron chi connectivity index (χ4n) is 8.43. The van der Waals surface area contributed by atoms with E-state index in [0.29, 0.717) is 19.1 Å². The summed E-state index contributed by atoms with van der Waals surface area (Å²) in [7, 11) is 0. The Hall–Kier alpha value is -2.18. The fourth-order valence-corrected chi connectivity index (χ4v) is 24.6. The van der Waals surface area contributed by atoms with E-state index in [-0.39, 0.29) is 24.8 Å². The topological polar surface area (TPSA) is 0 Å². The van der Waals surface area contributed by atoms with Crippen molar-refractivity contribution in [1.82, 2.24) is 0 Å². The molecule has 226 valence electrons.